The number of halogens is 2. The molecule has 2 atom stereocenters. The van der Waals surface area contributed by atoms with Crippen molar-refractivity contribution in [2.24, 2.45) is 0 Å². The van der Waals surface area contributed by atoms with Gasteiger partial charge in [-0.1, -0.05) is 17.7 Å². The average Bonchev–Trinajstić information content (AvgIpc) is 2.26. The lowest BCUT2D eigenvalue weighted by atomic mass is 10.1. The Bertz CT molecular complexity index is 387. The molecule has 0 saturated carbocycles. The van der Waals surface area contributed by atoms with Gasteiger partial charge in [0.05, 0.1) is 0 Å². The molecule has 0 spiro atoms. The summed E-state index contributed by atoms with van der Waals surface area (Å²) >= 11 is 5.75. The van der Waals surface area contributed by atoms with Gasteiger partial charge in [-0.2, -0.15) is 0 Å². The first-order valence-electron chi connectivity index (χ1n) is 5.98. The predicted molar refractivity (Wildman–Crippen MR) is 68.7 cm³/mol. The second-order valence-electron chi connectivity index (χ2n) is 4.76. The topological polar surface area (TPSA) is 15.3 Å². The van der Waals surface area contributed by atoms with Gasteiger partial charge in [0.15, 0.2) is 0 Å². The molecule has 1 heterocycles. The zero-order valence-corrected chi connectivity index (χ0v) is 11.0. The standard InChI is InChI=1S/C13H18ClFN2/c1-9-6-16-7-10(2)17(9)8-11-3-4-12(14)5-13(11)15/h3-5,9-10,16H,6-8H2,1-2H3. The summed E-state index contributed by atoms with van der Waals surface area (Å²) in [5.41, 5.74) is 0.718. The first-order chi connectivity index (χ1) is 8.08. The molecule has 0 aliphatic carbocycles. The summed E-state index contributed by atoms with van der Waals surface area (Å²) in [6.07, 6.45) is 0. The van der Waals surface area contributed by atoms with E-state index in [1.807, 2.05) is 0 Å². The molecular weight excluding hydrogens is 239 g/mol. The van der Waals surface area contributed by atoms with Crippen molar-refractivity contribution in [3.05, 3.63) is 34.6 Å². The van der Waals surface area contributed by atoms with Crippen LogP contribution in [0.15, 0.2) is 18.2 Å². The number of hydrogen-bond acceptors (Lipinski definition) is 2. The minimum Gasteiger partial charge on any atom is -0.314 e. The minimum absolute atomic E-state index is 0.213. The molecule has 1 N–H and O–H groups in total. The van der Waals surface area contributed by atoms with Gasteiger partial charge in [0, 0.05) is 42.3 Å². The van der Waals surface area contributed by atoms with Crippen LogP contribution in [0.1, 0.15) is 19.4 Å². The maximum Gasteiger partial charge on any atom is 0.129 e. The van der Waals surface area contributed by atoms with Gasteiger partial charge in [0.2, 0.25) is 0 Å². The van der Waals surface area contributed by atoms with Gasteiger partial charge in [0.1, 0.15) is 5.82 Å². The molecule has 1 aliphatic rings. The van der Waals surface area contributed by atoms with Crippen molar-refractivity contribution in [2.75, 3.05) is 13.1 Å². The van der Waals surface area contributed by atoms with Crippen LogP contribution < -0.4 is 5.32 Å². The van der Waals surface area contributed by atoms with E-state index >= 15 is 0 Å². The Balaban J connectivity index is 2.13. The molecule has 1 fully saturated rings. The fourth-order valence-electron chi connectivity index (χ4n) is 2.33. The summed E-state index contributed by atoms with van der Waals surface area (Å²) in [6.45, 7) is 6.89. The fourth-order valence-corrected chi connectivity index (χ4v) is 2.49. The molecule has 94 valence electrons. The van der Waals surface area contributed by atoms with Crippen molar-refractivity contribution >= 4 is 11.6 Å². The Morgan fingerprint density at radius 2 is 2.00 bits per heavy atom. The van der Waals surface area contributed by atoms with E-state index in [1.165, 1.54) is 6.07 Å². The van der Waals surface area contributed by atoms with Gasteiger partial charge < -0.3 is 5.32 Å². The molecule has 1 aromatic rings. The highest BCUT2D eigenvalue weighted by atomic mass is 35.5. The zero-order valence-electron chi connectivity index (χ0n) is 10.2. The van der Waals surface area contributed by atoms with Crippen LogP contribution in [0, 0.1) is 5.82 Å². The van der Waals surface area contributed by atoms with Crippen LogP contribution >= 0.6 is 11.6 Å². The van der Waals surface area contributed by atoms with Crippen molar-refractivity contribution < 1.29 is 4.39 Å². The third kappa shape index (κ3) is 2.97. The van der Waals surface area contributed by atoms with E-state index in [2.05, 4.69) is 24.1 Å². The highest BCUT2D eigenvalue weighted by Gasteiger charge is 2.24. The van der Waals surface area contributed by atoms with E-state index < -0.39 is 0 Å². The molecule has 1 aromatic carbocycles. The third-order valence-electron chi connectivity index (χ3n) is 3.38. The number of piperazine rings is 1. The highest BCUT2D eigenvalue weighted by molar-refractivity contribution is 6.30. The van der Waals surface area contributed by atoms with E-state index in [1.54, 1.807) is 12.1 Å². The molecular formula is C13H18ClFN2. The Labute approximate surface area is 107 Å². The van der Waals surface area contributed by atoms with Gasteiger partial charge in [-0.05, 0) is 26.0 Å². The molecule has 1 aliphatic heterocycles. The maximum absolute atomic E-state index is 13.7. The second-order valence-corrected chi connectivity index (χ2v) is 5.20. The van der Waals surface area contributed by atoms with E-state index in [0.717, 1.165) is 18.7 Å². The van der Waals surface area contributed by atoms with Crippen LogP contribution in [0.5, 0.6) is 0 Å². The van der Waals surface area contributed by atoms with E-state index in [0.29, 0.717) is 23.7 Å². The first-order valence-corrected chi connectivity index (χ1v) is 6.36. The molecule has 2 nitrogen and oxygen atoms in total. The van der Waals surface area contributed by atoms with Crippen molar-refractivity contribution in [2.45, 2.75) is 32.5 Å². The Morgan fingerprint density at radius 1 is 1.35 bits per heavy atom. The van der Waals surface area contributed by atoms with Crippen LogP contribution in [0.25, 0.3) is 0 Å². The van der Waals surface area contributed by atoms with Crippen LogP contribution in [0.4, 0.5) is 4.39 Å². The first kappa shape index (κ1) is 12.8. The summed E-state index contributed by atoms with van der Waals surface area (Å²) < 4.78 is 13.7. The lowest BCUT2D eigenvalue weighted by molar-refractivity contribution is 0.107. The molecule has 17 heavy (non-hydrogen) atoms. The molecule has 4 heteroatoms. The number of nitrogens with one attached hydrogen (secondary N) is 1. The summed E-state index contributed by atoms with van der Waals surface area (Å²) in [5, 5.41) is 3.82. The number of benzene rings is 1. The minimum atomic E-state index is -0.213. The molecule has 2 unspecified atom stereocenters. The average molecular weight is 257 g/mol. The van der Waals surface area contributed by atoms with Gasteiger partial charge in [-0.3, -0.25) is 4.90 Å². The molecule has 1 saturated heterocycles. The van der Waals surface area contributed by atoms with Gasteiger partial charge >= 0.3 is 0 Å². The molecule has 0 aromatic heterocycles. The largest absolute Gasteiger partial charge is 0.314 e. The number of nitrogens with zero attached hydrogens (tertiary/aromatic N) is 1. The van der Waals surface area contributed by atoms with E-state index in [9.17, 15) is 4.39 Å². The highest BCUT2D eigenvalue weighted by Crippen LogP contribution is 2.19. The van der Waals surface area contributed by atoms with E-state index in [4.69, 9.17) is 11.6 Å². The van der Waals surface area contributed by atoms with Crippen molar-refractivity contribution in [1.82, 2.24) is 10.2 Å². The number of rotatable bonds is 2. The van der Waals surface area contributed by atoms with Crippen LogP contribution in [-0.2, 0) is 6.54 Å². The quantitative estimate of drug-likeness (QED) is 0.875. The monoisotopic (exact) mass is 256 g/mol. The maximum atomic E-state index is 13.7. The van der Waals surface area contributed by atoms with Crippen molar-refractivity contribution in [1.29, 1.82) is 0 Å². The Kier molecular flexibility index (Phi) is 4.02. The second kappa shape index (κ2) is 5.34. The van der Waals surface area contributed by atoms with Gasteiger partial charge in [-0.25, -0.2) is 4.39 Å². The summed E-state index contributed by atoms with van der Waals surface area (Å²) in [5.74, 6) is -0.213. The molecule has 0 amide bonds. The van der Waals surface area contributed by atoms with Crippen LogP contribution in [0.2, 0.25) is 5.02 Å². The Morgan fingerprint density at radius 3 is 2.59 bits per heavy atom. The van der Waals surface area contributed by atoms with E-state index in [-0.39, 0.29) is 5.82 Å². The fraction of sp³-hybridized carbons (Fsp3) is 0.538. The summed E-state index contributed by atoms with van der Waals surface area (Å²) in [4.78, 5) is 2.32. The summed E-state index contributed by atoms with van der Waals surface area (Å²) in [7, 11) is 0. The predicted octanol–water partition coefficient (Wildman–Crippen LogP) is 2.66. The van der Waals surface area contributed by atoms with Crippen molar-refractivity contribution in [3.63, 3.8) is 0 Å². The van der Waals surface area contributed by atoms with Crippen LogP contribution in [0.3, 0.4) is 0 Å². The molecule has 2 rings (SSSR count). The Hall–Kier alpha value is -0.640. The van der Waals surface area contributed by atoms with Gasteiger partial charge in [0.25, 0.3) is 0 Å². The van der Waals surface area contributed by atoms with Crippen LogP contribution in [-0.4, -0.2) is 30.1 Å². The number of hydrogen-bond donors (Lipinski definition) is 1. The zero-order chi connectivity index (χ0) is 12.4. The smallest absolute Gasteiger partial charge is 0.129 e. The lowest BCUT2D eigenvalue weighted by Crippen LogP contribution is -2.54. The van der Waals surface area contributed by atoms with Crippen molar-refractivity contribution in [3.8, 4) is 0 Å². The lowest BCUT2D eigenvalue weighted by Gasteiger charge is -2.39. The summed E-state index contributed by atoms with van der Waals surface area (Å²) in [6, 6.07) is 5.76. The normalized spacial score (nSPS) is 26.1. The third-order valence-corrected chi connectivity index (χ3v) is 3.61. The molecule has 0 radical (unpaired) electrons. The van der Waals surface area contributed by atoms with Gasteiger partial charge in [-0.15, -0.1) is 0 Å². The SMILES string of the molecule is CC1CNCC(C)N1Cc1ccc(Cl)cc1F. The molecule has 0 bridgehead atoms.